The summed E-state index contributed by atoms with van der Waals surface area (Å²) < 4.78 is 18.0. The second-order valence-electron chi connectivity index (χ2n) is 7.20. The van der Waals surface area contributed by atoms with E-state index in [-0.39, 0.29) is 11.7 Å². The number of ketones is 1. The molecule has 0 saturated heterocycles. The highest BCUT2D eigenvalue weighted by molar-refractivity contribution is 6.00. The Labute approximate surface area is 163 Å². The van der Waals surface area contributed by atoms with Gasteiger partial charge in [0.15, 0.2) is 12.4 Å². The van der Waals surface area contributed by atoms with Gasteiger partial charge in [-0.25, -0.2) is 9.18 Å². The van der Waals surface area contributed by atoms with Gasteiger partial charge in [0.1, 0.15) is 5.82 Å². The third-order valence-electron chi connectivity index (χ3n) is 3.75. The van der Waals surface area contributed by atoms with Crippen LogP contribution >= 0.6 is 0 Å². The molecule has 2 rings (SSSR count). The molecule has 0 atom stereocenters. The molecule has 2 aromatic rings. The number of amides is 1. The van der Waals surface area contributed by atoms with Gasteiger partial charge in [-0.2, -0.15) is 0 Å². The van der Waals surface area contributed by atoms with Crippen LogP contribution in [0.4, 0.5) is 10.1 Å². The lowest BCUT2D eigenvalue weighted by Gasteiger charge is -2.17. The molecular weight excluding hydrogens is 361 g/mol. The van der Waals surface area contributed by atoms with Gasteiger partial charge in [-0.1, -0.05) is 32.9 Å². The van der Waals surface area contributed by atoms with E-state index in [4.69, 9.17) is 4.74 Å². The molecule has 0 unspecified atom stereocenters. The maximum atomic E-state index is 13.1. The summed E-state index contributed by atoms with van der Waals surface area (Å²) >= 11 is 0. The second kappa shape index (κ2) is 9.08. The molecular formula is C22H22FNO4. The molecule has 0 saturated carbocycles. The Hall–Kier alpha value is -3.28. The summed E-state index contributed by atoms with van der Waals surface area (Å²) in [5.74, 6) is -1.62. The van der Waals surface area contributed by atoms with Crippen molar-refractivity contribution >= 4 is 29.4 Å². The molecule has 28 heavy (non-hydrogen) atoms. The summed E-state index contributed by atoms with van der Waals surface area (Å²) in [6.45, 7) is 4.99. The number of carbonyl (C=O) groups excluding carboxylic acids is 3. The number of esters is 1. The molecule has 2 aromatic carbocycles. The highest BCUT2D eigenvalue weighted by Gasteiger charge is 2.21. The number of halogens is 1. The van der Waals surface area contributed by atoms with E-state index in [1.165, 1.54) is 24.3 Å². The summed E-state index contributed by atoms with van der Waals surface area (Å²) in [6, 6.07) is 12.1. The molecule has 0 heterocycles. The highest BCUT2D eigenvalue weighted by atomic mass is 19.1. The van der Waals surface area contributed by atoms with Gasteiger partial charge in [0, 0.05) is 22.7 Å². The van der Waals surface area contributed by atoms with Crippen molar-refractivity contribution in [3.05, 3.63) is 71.6 Å². The number of carbonyl (C=O) groups is 3. The highest BCUT2D eigenvalue weighted by Crippen LogP contribution is 2.18. The van der Waals surface area contributed by atoms with Crippen molar-refractivity contribution in [3.63, 3.8) is 0 Å². The van der Waals surface area contributed by atoms with Crippen LogP contribution in [-0.4, -0.2) is 24.3 Å². The van der Waals surface area contributed by atoms with E-state index in [1.54, 1.807) is 51.1 Å². The van der Waals surface area contributed by atoms with Crippen molar-refractivity contribution in [1.82, 2.24) is 0 Å². The Morgan fingerprint density at radius 2 is 1.75 bits per heavy atom. The van der Waals surface area contributed by atoms with E-state index in [9.17, 15) is 18.8 Å². The van der Waals surface area contributed by atoms with Crippen molar-refractivity contribution < 1.29 is 23.5 Å². The lowest BCUT2D eigenvalue weighted by molar-refractivity contribution is -0.136. The van der Waals surface area contributed by atoms with Crippen LogP contribution in [0.5, 0.6) is 0 Å². The summed E-state index contributed by atoms with van der Waals surface area (Å²) in [5, 5.41) is 2.76. The van der Waals surface area contributed by atoms with Crippen molar-refractivity contribution in [2.24, 2.45) is 5.41 Å². The molecule has 0 aliphatic carbocycles. The van der Waals surface area contributed by atoms with Gasteiger partial charge < -0.3 is 10.1 Å². The Morgan fingerprint density at radius 3 is 2.36 bits per heavy atom. The Bertz CT molecular complexity index is 895. The molecule has 5 nitrogen and oxygen atoms in total. The third kappa shape index (κ3) is 6.46. The van der Waals surface area contributed by atoms with Crippen LogP contribution in [0.1, 0.15) is 36.7 Å². The molecule has 0 fully saturated rings. The summed E-state index contributed by atoms with van der Waals surface area (Å²) in [7, 11) is 0. The zero-order valence-corrected chi connectivity index (χ0v) is 16.0. The van der Waals surface area contributed by atoms with Crippen molar-refractivity contribution in [2.75, 3.05) is 11.9 Å². The molecule has 0 aromatic heterocycles. The number of Topliss-reactive ketones (excluding diaryl/α,β-unsaturated/α-hetero) is 1. The predicted molar refractivity (Wildman–Crippen MR) is 105 cm³/mol. The van der Waals surface area contributed by atoms with E-state index in [0.29, 0.717) is 16.8 Å². The van der Waals surface area contributed by atoms with Gasteiger partial charge >= 0.3 is 5.97 Å². The first-order valence-corrected chi connectivity index (χ1v) is 8.70. The fourth-order valence-corrected chi connectivity index (χ4v) is 2.10. The molecule has 0 bridgehead atoms. The zero-order valence-electron chi connectivity index (χ0n) is 16.0. The molecule has 146 valence electrons. The van der Waals surface area contributed by atoms with Crippen LogP contribution in [0.2, 0.25) is 0 Å². The second-order valence-corrected chi connectivity index (χ2v) is 7.20. The Morgan fingerprint density at radius 1 is 1.07 bits per heavy atom. The minimum Gasteiger partial charge on any atom is -0.454 e. The number of hydrogen-bond donors (Lipinski definition) is 1. The topological polar surface area (TPSA) is 72.5 Å². The van der Waals surface area contributed by atoms with E-state index < -0.39 is 23.8 Å². The van der Waals surface area contributed by atoms with Crippen LogP contribution in [0.3, 0.4) is 0 Å². The van der Waals surface area contributed by atoms with Gasteiger partial charge in [0.2, 0.25) is 5.91 Å². The fourth-order valence-electron chi connectivity index (χ4n) is 2.10. The maximum absolute atomic E-state index is 13.1. The first-order valence-electron chi connectivity index (χ1n) is 8.70. The number of benzene rings is 2. The summed E-state index contributed by atoms with van der Waals surface area (Å²) in [5.41, 5.74) is 0.917. The van der Waals surface area contributed by atoms with Gasteiger partial charge in [0.25, 0.3) is 0 Å². The summed E-state index contributed by atoms with van der Waals surface area (Å²) in [6.07, 6.45) is 2.54. The summed E-state index contributed by atoms with van der Waals surface area (Å²) in [4.78, 5) is 35.8. The lowest BCUT2D eigenvalue weighted by Crippen LogP contribution is -2.27. The normalized spacial score (nSPS) is 11.3. The molecule has 1 amide bonds. The largest absolute Gasteiger partial charge is 0.454 e. The monoisotopic (exact) mass is 383 g/mol. The third-order valence-corrected chi connectivity index (χ3v) is 3.75. The van der Waals surface area contributed by atoms with E-state index >= 15 is 0 Å². The van der Waals surface area contributed by atoms with Gasteiger partial charge in [-0.05, 0) is 48.0 Å². The van der Waals surface area contributed by atoms with E-state index in [2.05, 4.69) is 5.32 Å². The number of ether oxygens (including phenoxy) is 1. The zero-order chi connectivity index (χ0) is 20.7. The van der Waals surface area contributed by atoms with Crippen LogP contribution in [0.25, 0.3) is 6.08 Å². The quantitative estimate of drug-likeness (QED) is 0.460. The number of hydrogen-bond acceptors (Lipinski definition) is 4. The van der Waals surface area contributed by atoms with Gasteiger partial charge in [-0.15, -0.1) is 0 Å². The number of anilines is 1. The molecule has 6 heteroatoms. The molecule has 1 N–H and O–H groups in total. The van der Waals surface area contributed by atoms with Crippen LogP contribution in [0, 0.1) is 11.2 Å². The van der Waals surface area contributed by atoms with Crippen LogP contribution in [0.15, 0.2) is 54.6 Å². The average molecular weight is 383 g/mol. The Balaban J connectivity index is 1.87. The lowest BCUT2D eigenvalue weighted by atomic mass is 9.95. The predicted octanol–water partition coefficient (Wildman–Crippen LogP) is 4.25. The van der Waals surface area contributed by atoms with Gasteiger partial charge in [-0.3, -0.25) is 9.59 Å². The molecule has 0 radical (unpaired) electrons. The first kappa shape index (κ1) is 21.0. The van der Waals surface area contributed by atoms with Crippen molar-refractivity contribution in [1.29, 1.82) is 0 Å². The minimum atomic E-state index is -0.702. The first-order chi connectivity index (χ1) is 13.1. The minimum absolute atomic E-state index is 0.134. The van der Waals surface area contributed by atoms with Crippen LogP contribution < -0.4 is 5.32 Å². The SMILES string of the molecule is CC(C)(C)C(=O)Nc1ccc(C(=O)COC(=O)/C=C/c2cccc(F)c2)cc1. The van der Waals surface area contributed by atoms with Crippen LogP contribution in [-0.2, 0) is 14.3 Å². The van der Waals surface area contributed by atoms with Gasteiger partial charge in [0.05, 0.1) is 0 Å². The fraction of sp³-hybridized carbons (Fsp3) is 0.227. The van der Waals surface area contributed by atoms with E-state index in [0.717, 1.165) is 6.08 Å². The van der Waals surface area contributed by atoms with E-state index in [1.807, 2.05) is 0 Å². The molecule has 0 aliphatic rings. The average Bonchev–Trinajstić information content (AvgIpc) is 2.64. The number of rotatable bonds is 6. The molecule has 0 spiro atoms. The molecule has 0 aliphatic heterocycles. The smallest absolute Gasteiger partial charge is 0.331 e. The number of nitrogens with one attached hydrogen (secondary N) is 1. The van der Waals surface area contributed by atoms with Crippen molar-refractivity contribution in [3.8, 4) is 0 Å². The maximum Gasteiger partial charge on any atom is 0.331 e. The standard InChI is InChI=1S/C22H22FNO4/c1-22(2,3)21(27)24-18-10-8-16(9-11-18)19(25)14-28-20(26)12-7-15-5-4-6-17(23)13-15/h4-13H,14H2,1-3H3,(H,24,27)/b12-7+. The van der Waals surface area contributed by atoms with Crippen molar-refractivity contribution in [2.45, 2.75) is 20.8 Å². The Kier molecular flexibility index (Phi) is 6.82.